The first-order chi connectivity index (χ1) is 19.4. The fourth-order valence-electron chi connectivity index (χ4n) is 4.40. The van der Waals surface area contributed by atoms with Crippen molar-refractivity contribution in [2.45, 2.75) is 38.5 Å². The number of rotatable bonds is 10. The van der Waals surface area contributed by atoms with E-state index < -0.39 is 11.8 Å². The number of hydrogen-bond donors (Lipinski definition) is 2. The third-order valence-electron chi connectivity index (χ3n) is 6.63. The Kier molecular flexibility index (Phi) is 9.85. The van der Waals surface area contributed by atoms with Crippen LogP contribution in [0.2, 0.25) is 0 Å². The Morgan fingerprint density at radius 3 is 2.38 bits per heavy atom. The van der Waals surface area contributed by atoms with E-state index in [1.807, 2.05) is 6.92 Å². The highest BCUT2D eigenvalue weighted by atomic mass is 32.1. The van der Waals surface area contributed by atoms with Gasteiger partial charge in [-0.1, -0.05) is 6.07 Å². The maximum Gasteiger partial charge on any atom is 0.289 e. The van der Waals surface area contributed by atoms with Crippen LogP contribution in [0.25, 0.3) is 0 Å². The number of thiazole rings is 1. The summed E-state index contributed by atoms with van der Waals surface area (Å²) < 4.78 is 10.5. The van der Waals surface area contributed by atoms with Gasteiger partial charge in [-0.15, -0.1) is 11.3 Å². The van der Waals surface area contributed by atoms with Crippen molar-refractivity contribution in [2.75, 3.05) is 26.8 Å². The number of ketones is 1. The molecule has 0 saturated carbocycles. The molecular formula is C29H32N4O6S. The molecule has 0 atom stereocenters. The number of hydrogen-bond acceptors (Lipinski definition) is 8. The second-order valence-electron chi connectivity index (χ2n) is 9.25. The maximum absolute atomic E-state index is 12.7. The zero-order chi connectivity index (χ0) is 28.5. The molecule has 0 aliphatic carbocycles. The number of methoxy groups -OCH3 is 1. The molecule has 3 aromatic rings. The molecule has 210 valence electrons. The van der Waals surface area contributed by atoms with Crippen molar-refractivity contribution >= 4 is 34.8 Å². The van der Waals surface area contributed by atoms with Crippen LogP contribution >= 0.6 is 11.3 Å². The molecule has 1 fully saturated rings. The number of carbonyl (C=O) groups is 4. The van der Waals surface area contributed by atoms with Crippen molar-refractivity contribution in [2.24, 2.45) is 0 Å². The summed E-state index contributed by atoms with van der Waals surface area (Å²) in [6.45, 7) is 3.47. The number of likely N-dealkylation sites (tertiary alicyclic amines) is 1. The van der Waals surface area contributed by atoms with E-state index >= 15 is 0 Å². The van der Waals surface area contributed by atoms with Gasteiger partial charge in [0.2, 0.25) is 5.91 Å². The number of amides is 3. The molecule has 1 saturated heterocycles. The Morgan fingerprint density at radius 2 is 1.68 bits per heavy atom. The number of nitrogens with zero attached hydrogens (tertiary/aromatic N) is 2. The summed E-state index contributed by atoms with van der Waals surface area (Å²) in [5, 5.41) is 2.48. The Morgan fingerprint density at radius 1 is 0.950 bits per heavy atom. The van der Waals surface area contributed by atoms with Crippen molar-refractivity contribution in [3.05, 3.63) is 75.7 Å². The van der Waals surface area contributed by atoms with Crippen LogP contribution in [0.5, 0.6) is 11.5 Å². The second-order valence-corrected chi connectivity index (χ2v) is 10.1. The quantitative estimate of drug-likeness (QED) is 0.282. The molecule has 0 spiro atoms. The maximum atomic E-state index is 12.7. The van der Waals surface area contributed by atoms with Crippen molar-refractivity contribution in [3.63, 3.8) is 0 Å². The van der Waals surface area contributed by atoms with Gasteiger partial charge in [-0.25, -0.2) is 4.98 Å². The average Bonchev–Trinajstić information content (AvgIpc) is 3.49. The van der Waals surface area contributed by atoms with Crippen LogP contribution < -0.4 is 20.3 Å². The highest BCUT2D eigenvalue weighted by Gasteiger charge is 2.26. The molecule has 2 aromatic carbocycles. The number of aromatic nitrogens is 1. The lowest BCUT2D eigenvalue weighted by Crippen LogP contribution is -2.41. The lowest BCUT2D eigenvalue weighted by Gasteiger charge is -2.31. The number of piperidine rings is 1. The number of ether oxygens (including phenoxy) is 2. The molecular weight excluding hydrogens is 532 g/mol. The van der Waals surface area contributed by atoms with Gasteiger partial charge in [0.25, 0.3) is 11.8 Å². The fourth-order valence-corrected chi connectivity index (χ4v) is 5.37. The number of nitrogens with one attached hydrogen (secondary N) is 2. The van der Waals surface area contributed by atoms with Gasteiger partial charge >= 0.3 is 0 Å². The van der Waals surface area contributed by atoms with Gasteiger partial charge in [0, 0.05) is 48.4 Å². The minimum atomic E-state index is -0.508. The molecule has 1 aliphatic heterocycles. The molecule has 2 N–H and O–H groups in total. The highest BCUT2D eigenvalue weighted by Crippen LogP contribution is 2.30. The van der Waals surface area contributed by atoms with Crippen LogP contribution in [0.3, 0.4) is 0 Å². The minimum absolute atomic E-state index is 0.0398. The summed E-state index contributed by atoms with van der Waals surface area (Å²) in [6.07, 6.45) is 1.77. The monoisotopic (exact) mass is 564 g/mol. The molecule has 4 rings (SSSR count). The number of Topliss-reactive ketones (excluding diaryl/α,β-unsaturated/α-hetero) is 1. The molecule has 0 radical (unpaired) electrons. The molecule has 40 heavy (non-hydrogen) atoms. The summed E-state index contributed by atoms with van der Waals surface area (Å²) in [5.74, 6) is 0.290. The van der Waals surface area contributed by atoms with Gasteiger partial charge in [0.05, 0.1) is 18.7 Å². The van der Waals surface area contributed by atoms with E-state index in [1.165, 1.54) is 11.3 Å². The van der Waals surface area contributed by atoms with E-state index in [4.69, 9.17) is 9.47 Å². The van der Waals surface area contributed by atoms with E-state index in [2.05, 4.69) is 15.8 Å². The van der Waals surface area contributed by atoms with Crippen LogP contribution in [0.4, 0.5) is 0 Å². The molecule has 2 heterocycles. The summed E-state index contributed by atoms with van der Waals surface area (Å²) in [6, 6.07) is 13.5. The Balaban J connectivity index is 1.21. The third kappa shape index (κ3) is 7.44. The molecule has 1 aromatic heterocycles. The van der Waals surface area contributed by atoms with Gasteiger partial charge in [0.15, 0.2) is 5.78 Å². The van der Waals surface area contributed by atoms with Crippen molar-refractivity contribution < 1.29 is 28.7 Å². The van der Waals surface area contributed by atoms with E-state index in [-0.39, 0.29) is 36.1 Å². The molecule has 11 heteroatoms. The molecule has 1 aliphatic rings. The lowest BCUT2D eigenvalue weighted by atomic mass is 9.97. The number of hydrazine groups is 1. The molecule has 10 nitrogen and oxygen atoms in total. The number of carbonyl (C=O) groups excluding carboxylic acids is 4. The van der Waals surface area contributed by atoms with E-state index in [9.17, 15) is 19.2 Å². The van der Waals surface area contributed by atoms with E-state index in [1.54, 1.807) is 65.9 Å². The Labute approximate surface area is 236 Å². The molecule has 0 unspecified atom stereocenters. The first kappa shape index (κ1) is 28.8. The summed E-state index contributed by atoms with van der Waals surface area (Å²) in [7, 11) is 1.57. The summed E-state index contributed by atoms with van der Waals surface area (Å²) in [5.41, 5.74) is 5.95. The first-order valence-electron chi connectivity index (χ1n) is 13.1. The van der Waals surface area contributed by atoms with Crippen LogP contribution in [0, 0.1) is 0 Å². The molecule has 3 amide bonds. The van der Waals surface area contributed by atoms with Crippen molar-refractivity contribution in [1.82, 2.24) is 20.7 Å². The Hall–Kier alpha value is -4.25. The predicted molar refractivity (Wildman–Crippen MR) is 150 cm³/mol. The number of benzene rings is 2. The highest BCUT2D eigenvalue weighted by molar-refractivity contribution is 7.09. The first-order valence-corrected chi connectivity index (χ1v) is 14.0. The SMILES string of the molecule is CCOc1cccc(C(=O)NNC(=O)c2csc(C3CCN(C(=O)CCC(=O)c4ccc(OC)cc4)CC3)n2)c1. The van der Waals surface area contributed by atoms with Gasteiger partial charge in [0.1, 0.15) is 17.2 Å². The Bertz CT molecular complexity index is 1350. The zero-order valence-corrected chi connectivity index (χ0v) is 23.3. The van der Waals surface area contributed by atoms with Gasteiger partial charge in [-0.2, -0.15) is 0 Å². The smallest absolute Gasteiger partial charge is 0.289 e. The fraction of sp³-hybridized carbons (Fsp3) is 0.345. The zero-order valence-electron chi connectivity index (χ0n) is 22.5. The average molecular weight is 565 g/mol. The van der Waals surface area contributed by atoms with Crippen LogP contribution in [0.15, 0.2) is 53.9 Å². The van der Waals surface area contributed by atoms with Gasteiger partial charge in [-0.3, -0.25) is 30.0 Å². The predicted octanol–water partition coefficient (Wildman–Crippen LogP) is 3.99. The summed E-state index contributed by atoms with van der Waals surface area (Å²) in [4.78, 5) is 56.4. The van der Waals surface area contributed by atoms with Crippen molar-refractivity contribution in [1.29, 1.82) is 0 Å². The van der Waals surface area contributed by atoms with E-state index in [0.717, 1.165) is 17.8 Å². The van der Waals surface area contributed by atoms with E-state index in [0.29, 0.717) is 42.3 Å². The summed E-state index contributed by atoms with van der Waals surface area (Å²) >= 11 is 1.39. The van der Waals surface area contributed by atoms with Gasteiger partial charge in [-0.05, 0) is 62.2 Å². The van der Waals surface area contributed by atoms with Crippen LogP contribution in [0.1, 0.15) is 74.7 Å². The molecule has 0 bridgehead atoms. The van der Waals surface area contributed by atoms with Crippen LogP contribution in [-0.2, 0) is 4.79 Å². The van der Waals surface area contributed by atoms with Crippen LogP contribution in [-0.4, -0.2) is 60.2 Å². The minimum Gasteiger partial charge on any atom is -0.497 e. The largest absolute Gasteiger partial charge is 0.497 e. The standard InChI is InChI=1S/C29H32N4O6S/c1-3-39-23-6-4-5-21(17-23)27(36)31-32-28(37)24-18-40-29(30-24)20-13-15-33(16-14-20)26(35)12-11-25(34)19-7-9-22(38-2)10-8-19/h4-10,17-18,20H,3,11-16H2,1-2H3,(H,31,36)(H,32,37). The van der Waals surface area contributed by atoms with Gasteiger partial charge < -0.3 is 14.4 Å². The lowest BCUT2D eigenvalue weighted by molar-refractivity contribution is -0.132. The van der Waals surface area contributed by atoms with Crippen molar-refractivity contribution in [3.8, 4) is 11.5 Å². The normalized spacial score (nSPS) is 13.4. The second kappa shape index (κ2) is 13.7. The third-order valence-corrected chi connectivity index (χ3v) is 7.63. The topological polar surface area (TPSA) is 127 Å².